The van der Waals surface area contributed by atoms with Crippen LogP contribution in [-0.4, -0.2) is 31.1 Å². The average molecular weight is 417 g/mol. The Kier molecular flexibility index (Phi) is 3.53. The van der Waals surface area contributed by atoms with Crippen molar-refractivity contribution < 1.29 is 17.6 Å². The van der Waals surface area contributed by atoms with Crippen LogP contribution in [0.1, 0.15) is 35.5 Å². The van der Waals surface area contributed by atoms with E-state index in [0.29, 0.717) is 22.1 Å². The molecule has 0 atom stereocenters. The SMILES string of the molecule is CS(=O)(=O)c1cccc(C(=O)NC23CC(c4nc5ccc(Cl)cc5o4)(C2)C3)c1. The Labute approximate surface area is 166 Å². The van der Waals surface area contributed by atoms with E-state index in [2.05, 4.69) is 10.3 Å². The number of aromatic nitrogens is 1. The molecule has 0 aliphatic heterocycles. The standard InChI is InChI=1S/C20H17ClN2O4S/c1-28(25,26)14-4-2-3-12(7-14)17(24)23-20-9-19(10-20,11-20)18-22-15-6-5-13(21)8-16(15)27-18/h2-8H,9-11H2,1H3,(H,23,24). The minimum absolute atomic E-state index is 0.132. The summed E-state index contributed by atoms with van der Waals surface area (Å²) in [6.45, 7) is 0. The number of benzene rings is 2. The van der Waals surface area contributed by atoms with Gasteiger partial charge in [0.05, 0.1) is 10.3 Å². The zero-order chi connectivity index (χ0) is 19.7. The molecule has 144 valence electrons. The Balaban J connectivity index is 1.31. The Morgan fingerprint density at radius 3 is 2.64 bits per heavy atom. The summed E-state index contributed by atoms with van der Waals surface area (Å²) in [4.78, 5) is 17.3. The van der Waals surface area contributed by atoms with Gasteiger partial charge in [-0.05, 0) is 49.6 Å². The topological polar surface area (TPSA) is 89.3 Å². The first-order valence-electron chi connectivity index (χ1n) is 8.87. The maximum absolute atomic E-state index is 12.6. The first kappa shape index (κ1) is 17.7. The number of amides is 1. The predicted octanol–water partition coefficient (Wildman–Crippen LogP) is 3.49. The van der Waals surface area contributed by atoms with Crippen molar-refractivity contribution in [2.45, 2.75) is 35.1 Å². The van der Waals surface area contributed by atoms with Crippen molar-refractivity contribution in [1.82, 2.24) is 10.3 Å². The summed E-state index contributed by atoms with van der Waals surface area (Å²) in [6, 6.07) is 11.5. The lowest BCUT2D eigenvalue weighted by molar-refractivity contribution is -0.0955. The predicted molar refractivity (Wildman–Crippen MR) is 104 cm³/mol. The van der Waals surface area contributed by atoms with Gasteiger partial charge in [0.1, 0.15) is 5.52 Å². The fraction of sp³-hybridized carbons (Fsp3) is 0.300. The van der Waals surface area contributed by atoms with Crippen molar-refractivity contribution in [3.05, 3.63) is 58.9 Å². The van der Waals surface area contributed by atoms with Crippen LogP contribution in [0.25, 0.3) is 11.1 Å². The van der Waals surface area contributed by atoms with E-state index < -0.39 is 9.84 Å². The van der Waals surface area contributed by atoms with Crippen molar-refractivity contribution in [3.8, 4) is 0 Å². The number of hydrogen-bond acceptors (Lipinski definition) is 5. The second-order valence-corrected chi connectivity index (χ2v) is 10.4. The number of carbonyl (C=O) groups is 1. The lowest BCUT2D eigenvalue weighted by atomic mass is 9.39. The fourth-order valence-electron chi connectivity index (χ4n) is 4.45. The van der Waals surface area contributed by atoms with E-state index >= 15 is 0 Å². The normalized spacial score (nSPS) is 25.8. The molecule has 6 nitrogen and oxygen atoms in total. The molecular weight excluding hydrogens is 400 g/mol. The molecule has 8 heteroatoms. The third-order valence-electron chi connectivity index (χ3n) is 5.74. The van der Waals surface area contributed by atoms with Crippen LogP contribution in [0, 0.1) is 0 Å². The lowest BCUT2D eigenvalue weighted by Gasteiger charge is -2.68. The summed E-state index contributed by atoms with van der Waals surface area (Å²) in [5.74, 6) is 0.433. The molecule has 2 aromatic carbocycles. The van der Waals surface area contributed by atoms with Crippen LogP contribution in [0.3, 0.4) is 0 Å². The highest BCUT2D eigenvalue weighted by atomic mass is 35.5. The second-order valence-electron chi connectivity index (χ2n) is 7.98. The molecular formula is C20H17ClN2O4S. The van der Waals surface area contributed by atoms with E-state index in [9.17, 15) is 13.2 Å². The van der Waals surface area contributed by atoms with Crippen molar-refractivity contribution >= 4 is 38.4 Å². The minimum atomic E-state index is -3.36. The number of fused-ring (bicyclic) bond motifs is 1. The van der Waals surface area contributed by atoms with Crippen LogP contribution < -0.4 is 5.32 Å². The molecule has 0 saturated heterocycles. The van der Waals surface area contributed by atoms with Gasteiger partial charge in [0.2, 0.25) is 5.89 Å². The number of hydrogen-bond donors (Lipinski definition) is 1. The van der Waals surface area contributed by atoms with E-state index in [4.69, 9.17) is 16.0 Å². The molecule has 3 fully saturated rings. The minimum Gasteiger partial charge on any atom is -0.440 e. The molecule has 1 aromatic heterocycles. The van der Waals surface area contributed by atoms with Crippen molar-refractivity contribution in [3.63, 3.8) is 0 Å². The monoisotopic (exact) mass is 416 g/mol. The highest BCUT2D eigenvalue weighted by Gasteiger charge is 2.71. The van der Waals surface area contributed by atoms with Crippen molar-refractivity contribution in [1.29, 1.82) is 0 Å². The summed E-state index contributed by atoms with van der Waals surface area (Å²) in [5, 5.41) is 3.67. The molecule has 6 rings (SSSR count). The molecule has 1 N–H and O–H groups in total. The van der Waals surface area contributed by atoms with Crippen LogP contribution in [0.2, 0.25) is 5.02 Å². The van der Waals surface area contributed by atoms with Crippen LogP contribution >= 0.6 is 11.6 Å². The third kappa shape index (κ3) is 2.64. The Hall–Kier alpha value is -2.38. The van der Waals surface area contributed by atoms with E-state index in [0.717, 1.165) is 31.0 Å². The Bertz CT molecular complexity index is 1230. The first-order valence-corrected chi connectivity index (χ1v) is 11.1. The van der Waals surface area contributed by atoms with Gasteiger partial charge in [-0.2, -0.15) is 0 Å². The summed E-state index contributed by atoms with van der Waals surface area (Å²) in [6.07, 6.45) is 3.41. The van der Waals surface area contributed by atoms with Gasteiger partial charge in [0.15, 0.2) is 15.4 Å². The molecule has 0 spiro atoms. The quantitative estimate of drug-likeness (QED) is 0.703. The summed E-state index contributed by atoms with van der Waals surface area (Å²) in [7, 11) is -3.36. The maximum Gasteiger partial charge on any atom is 0.251 e. The number of nitrogens with one attached hydrogen (secondary N) is 1. The van der Waals surface area contributed by atoms with Gasteiger partial charge < -0.3 is 9.73 Å². The zero-order valence-electron chi connectivity index (χ0n) is 15.0. The van der Waals surface area contributed by atoms with Crippen LogP contribution in [0.5, 0.6) is 0 Å². The number of sulfone groups is 1. The smallest absolute Gasteiger partial charge is 0.251 e. The maximum atomic E-state index is 12.6. The largest absolute Gasteiger partial charge is 0.440 e. The molecule has 0 radical (unpaired) electrons. The molecule has 3 aromatic rings. The highest BCUT2D eigenvalue weighted by molar-refractivity contribution is 7.90. The molecule has 0 unspecified atom stereocenters. The van der Waals surface area contributed by atoms with Gasteiger partial charge in [-0.1, -0.05) is 17.7 Å². The van der Waals surface area contributed by atoms with Gasteiger partial charge in [-0.25, -0.2) is 13.4 Å². The number of halogens is 1. The molecule has 1 amide bonds. The third-order valence-corrected chi connectivity index (χ3v) is 7.08. The van der Waals surface area contributed by atoms with Crippen LogP contribution in [0.4, 0.5) is 0 Å². The van der Waals surface area contributed by atoms with Crippen molar-refractivity contribution in [2.24, 2.45) is 0 Å². The summed E-state index contributed by atoms with van der Waals surface area (Å²) in [5.41, 5.74) is 1.39. The van der Waals surface area contributed by atoms with Gasteiger partial charge in [0, 0.05) is 28.4 Å². The molecule has 3 aliphatic carbocycles. The average Bonchev–Trinajstić information content (AvgIpc) is 2.98. The number of oxazole rings is 1. The first-order chi connectivity index (χ1) is 13.2. The summed E-state index contributed by atoms with van der Waals surface area (Å²) < 4.78 is 29.3. The second kappa shape index (κ2) is 5.58. The molecule has 3 saturated carbocycles. The fourth-order valence-corrected chi connectivity index (χ4v) is 5.28. The highest BCUT2D eigenvalue weighted by Crippen LogP contribution is 2.67. The molecule has 28 heavy (non-hydrogen) atoms. The Morgan fingerprint density at radius 1 is 1.18 bits per heavy atom. The van der Waals surface area contributed by atoms with Gasteiger partial charge in [-0.3, -0.25) is 4.79 Å². The van der Waals surface area contributed by atoms with E-state index in [1.807, 2.05) is 6.07 Å². The summed E-state index contributed by atoms with van der Waals surface area (Å²) >= 11 is 6.00. The molecule has 2 bridgehead atoms. The van der Waals surface area contributed by atoms with E-state index in [-0.39, 0.29) is 21.8 Å². The van der Waals surface area contributed by atoms with E-state index in [1.165, 1.54) is 12.1 Å². The van der Waals surface area contributed by atoms with E-state index in [1.54, 1.807) is 24.3 Å². The van der Waals surface area contributed by atoms with Gasteiger partial charge in [-0.15, -0.1) is 0 Å². The van der Waals surface area contributed by atoms with Gasteiger partial charge >= 0.3 is 0 Å². The Morgan fingerprint density at radius 2 is 1.93 bits per heavy atom. The molecule has 3 aliphatic rings. The van der Waals surface area contributed by atoms with Gasteiger partial charge in [0.25, 0.3) is 5.91 Å². The lowest BCUT2D eigenvalue weighted by Crippen LogP contribution is -2.76. The van der Waals surface area contributed by atoms with Crippen LogP contribution in [0.15, 0.2) is 51.8 Å². The zero-order valence-corrected chi connectivity index (χ0v) is 16.6. The number of nitrogens with zero attached hydrogens (tertiary/aromatic N) is 1. The van der Waals surface area contributed by atoms with Crippen LogP contribution in [-0.2, 0) is 15.3 Å². The number of carbonyl (C=O) groups excluding carboxylic acids is 1. The number of rotatable bonds is 4. The van der Waals surface area contributed by atoms with Crippen molar-refractivity contribution in [2.75, 3.05) is 6.26 Å². The molecule has 1 heterocycles.